The van der Waals surface area contributed by atoms with Crippen LogP contribution in [0.2, 0.25) is 5.02 Å². The van der Waals surface area contributed by atoms with Gasteiger partial charge in [-0.25, -0.2) is 0 Å². The predicted octanol–water partition coefficient (Wildman–Crippen LogP) is 3.30. The summed E-state index contributed by atoms with van der Waals surface area (Å²) in [5.41, 5.74) is 6.38. The summed E-state index contributed by atoms with van der Waals surface area (Å²) in [7, 11) is 0. The van der Waals surface area contributed by atoms with E-state index in [0.29, 0.717) is 23.0 Å². The van der Waals surface area contributed by atoms with Gasteiger partial charge in [0.15, 0.2) is 0 Å². The summed E-state index contributed by atoms with van der Waals surface area (Å²) in [6.07, 6.45) is 2.15. The van der Waals surface area contributed by atoms with E-state index in [1.54, 1.807) is 12.1 Å². The van der Waals surface area contributed by atoms with Crippen LogP contribution < -0.4 is 5.73 Å². The normalized spacial score (nSPS) is 23.5. The van der Waals surface area contributed by atoms with Gasteiger partial charge in [-0.3, -0.25) is 4.79 Å². The van der Waals surface area contributed by atoms with Crippen molar-refractivity contribution in [1.82, 2.24) is 4.90 Å². The first-order chi connectivity index (χ1) is 9.04. The largest absolute Gasteiger partial charge is 0.334 e. The van der Waals surface area contributed by atoms with Crippen LogP contribution in [-0.2, 0) is 0 Å². The second-order valence-corrected chi connectivity index (χ2v) is 6.37. The molecule has 0 aliphatic carbocycles. The van der Waals surface area contributed by atoms with Gasteiger partial charge in [-0.05, 0) is 37.0 Å². The molecule has 1 amide bonds. The number of nitrogens with zero attached hydrogens (tertiary/aromatic N) is 1. The molecule has 0 saturated carbocycles. The number of likely N-dealkylation sites (tertiary alicyclic amines) is 1. The quantitative estimate of drug-likeness (QED) is 0.894. The molecule has 2 atom stereocenters. The number of benzene rings is 1. The molecule has 104 valence electrons. The Labute approximate surface area is 127 Å². The zero-order valence-electron chi connectivity index (χ0n) is 10.9. The molecule has 3 nitrogen and oxygen atoms in total. The third-order valence-electron chi connectivity index (χ3n) is 3.78. The maximum atomic E-state index is 12.7. The Hall–Kier alpha value is -0.580. The summed E-state index contributed by atoms with van der Waals surface area (Å²) in [5.74, 6) is 0.418. The highest BCUT2D eigenvalue weighted by molar-refractivity contribution is 9.10. The third kappa shape index (κ3) is 3.12. The number of halogens is 2. The van der Waals surface area contributed by atoms with Crippen LogP contribution in [-0.4, -0.2) is 29.9 Å². The van der Waals surface area contributed by atoms with Crippen molar-refractivity contribution in [2.45, 2.75) is 25.8 Å². The van der Waals surface area contributed by atoms with Crippen LogP contribution in [0, 0.1) is 5.92 Å². The second kappa shape index (κ2) is 6.25. The average molecular weight is 346 g/mol. The van der Waals surface area contributed by atoms with Gasteiger partial charge in [0.25, 0.3) is 5.91 Å². The van der Waals surface area contributed by atoms with Gasteiger partial charge in [0, 0.05) is 23.6 Å². The van der Waals surface area contributed by atoms with Crippen LogP contribution in [0.25, 0.3) is 0 Å². The average Bonchev–Trinajstić information content (AvgIpc) is 2.40. The first-order valence-electron chi connectivity index (χ1n) is 6.50. The molecule has 0 spiro atoms. The Bertz CT molecular complexity index is 481. The van der Waals surface area contributed by atoms with Crippen LogP contribution in [0.15, 0.2) is 22.7 Å². The summed E-state index contributed by atoms with van der Waals surface area (Å²) >= 11 is 9.52. The summed E-state index contributed by atoms with van der Waals surface area (Å²) in [4.78, 5) is 14.5. The van der Waals surface area contributed by atoms with E-state index < -0.39 is 0 Å². The molecule has 0 radical (unpaired) electrons. The van der Waals surface area contributed by atoms with Crippen molar-refractivity contribution in [3.63, 3.8) is 0 Å². The number of rotatable bonds is 2. The molecule has 1 fully saturated rings. The first-order valence-corrected chi connectivity index (χ1v) is 7.67. The Morgan fingerprint density at radius 1 is 1.58 bits per heavy atom. The van der Waals surface area contributed by atoms with E-state index in [1.165, 1.54) is 0 Å². The molecule has 1 aliphatic rings. The minimum Gasteiger partial charge on any atom is -0.334 e. The fraction of sp³-hybridized carbons (Fsp3) is 0.500. The lowest BCUT2D eigenvalue weighted by atomic mass is 9.90. The van der Waals surface area contributed by atoms with Gasteiger partial charge in [-0.15, -0.1) is 0 Å². The number of hydrogen-bond donors (Lipinski definition) is 1. The second-order valence-electron chi connectivity index (χ2n) is 5.05. The molecule has 1 aromatic carbocycles. The monoisotopic (exact) mass is 344 g/mol. The Morgan fingerprint density at radius 3 is 3.00 bits per heavy atom. The molecular formula is C14H18BrClN2O. The molecule has 2 unspecified atom stereocenters. The first kappa shape index (κ1) is 14.8. The predicted molar refractivity (Wildman–Crippen MR) is 81.4 cm³/mol. The van der Waals surface area contributed by atoms with Gasteiger partial charge in [0.05, 0.1) is 10.6 Å². The lowest BCUT2D eigenvalue weighted by Crippen LogP contribution is -2.51. The summed E-state index contributed by atoms with van der Waals surface area (Å²) in [6.45, 7) is 3.41. The lowest BCUT2D eigenvalue weighted by Gasteiger charge is -2.39. The van der Waals surface area contributed by atoms with E-state index in [0.717, 1.165) is 23.9 Å². The minimum atomic E-state index is -0.0201. The molecule has 1 aromatic rings. The van der Waals surface area contributed by atoms with Crippen molar-refractivity contribution in [3.8, 4) is 0 Å². The Kier molecular flexibility index (Phi) is 4.87. The van der Waals surface area contributed by atoms with E-state index in [4.69, 9.17) is 17.3 Å². The number of carbonyl (C=O) groups excluding carboxylic acids is 1. The molecule has 1 aliphatic heterocycles. The van der Waals surface area contributed by atoms with E-state index in [1.807, 2.05) is 11.0 Å². The van der Waals surface area contributed by atoms with Crippen LogP contribution in [0.3, 0.4) is 0 Å². The highest BCUT2D eigenvalue weighted by Crippen LogP contribution is 2.28. The van der Waals surface area contributed by atoms with Gasteiger partial charge in [0.2, 0.25) is 0 Å². The highest BCUT2D eigenvalue weighted by atomic mass is 79.9. The van der Waals surface area contributed by atoms with Crippen LogP contribution in [0.4, 0.5) is 0 Å². The maximum absolute atomic E-state index is 12.7. The van der Waals surface area contributed by atoms with E-state index >= 15 is 0 Å². The van der Waals surface area contributed by atoms with Crippen molar-refractivity contribution in [2.75, 3.05) is 13.1 Å². The molecule has 2 N–H and O–H groups in total. The number of carbonyl (C=O) groups is 1. The van der Waals surface area contributed by atoms with Crippen LogP contribution >= 0.6 is 27.5 Å². The van der Waals surface area contributed by atoms with E-state index in [9.17, 15) is 4.79 Å². The van der Waals surface area contributed by atoms with Gasteiger partial charge in [-0.1, -0.05) is 34.5 Å². The number of amides is 1. The molecular weight excluding hydrogens is 328 g/mol. The smallest absolute Gasteiger partial charge is 0.255 e. The van der Waals surface area contributed by atoms with Crippen LogP contribution in [0.5, 0.6) is 0 Å². The molecule has 0 aromatic heterocycles. The highest BCUT2D eigenvalue weighted by Gasteiger charge is 2.32. The minimum absolute atomic E-state index is 0.0201. The molecule has 0 bridgehead atoms. The summed E-state index contributed by atoms with van der Waals surface area (Å²) < 4.78 is 0.856. The van der Waals surface area contributed by atoms with Gasteiger partial charge >= 0.3 is 0 Å². The molecule has 2 rings (SSSR count). The Balaban J connectivity index is 2.29. The Morgan fingerprint density at radius 2 is 2.32 bits per heavy atom. The number of hydrogen-bond acceptors (Lipinski definition) is 2. The van der Waals surface area contributed by atoms with Crippen molar-refractivity contribution >= 4 is 33.4 Å². The third-order valence-corrected chi connectivity index (χ3v) is 4.60. The number of nitrogens with two attached hydrogens (primary N) is 1. The maximum Gasteiger partial charge on any atom is 0.255 e. The van der Waals surface area contributed by atoms with Gasteiger partial charge in [-0.2, -0.15) is 0 Å². The zero-order chi connectivity index (χ0) is 14.0. The lowest BCUT2D eigenvalue weighted by molar-refractivity contribution is 0.0532. The fourth-order valence-electron chi connectivity index (χ4n) is 2.68. The number of piperidine rings is 1. The van der Waals surface area contributed by atoms with Crippen molar-refractivity contribution in [3.05, 3.63) is 33.3 Å². The molecule has 1 heterocycles. The standard InChI is InChI=1S/C14H18BrClN2O/c1-9-3-2-6-18(13(9)8-17)14(19)11-7-10(15)4-5-12(11)16/h4-5,7,9,13H,2-3,6,8,17H2,1H3. The zero-order valence-corrected chi connectivity index (χ0v) is 13.2. The SMILES string of the molecule is CC1CCCN(C(=O)c2cc(Br)ccc2Cl)C1CN. The topological polar surface area (TPSA) is 46.3 Å². The van der Waals surface area contributed by atoms with Crippen molar-refractivity contribution in [2.24, 2.45) is 11.7 Å². The molecule has 1 saturated heterocycles. The van der Waals surface area contributed by atoms with Crippen LogP contribution in [0.1, 0.15) is 30.1 Å². The van der Waals surface area contributed by atoms with E-state index in [2.05, 4.69) is 22.9 Å². The van der Waals surface area contributed by atoms with E-state index in [-0.39, 0.29) is 11.9 Å². The van der Waals surface area contributed by atoms with Crippen molar-refractivity contribution < 1.29 is 4.79 Å². The molecule has 19 heavy (non-hydrogen) atoms. The van der Waals surface area contributed by atoms with Gasteiger partial charge in [0.1, 0.15) is 0 Å². The van der Waals surface area contributed by atoms with Crippen molar-refractivity contribution in [1.29, 1.82) is 0 Å². The fourth-order valence-corrected chi connectivity index (χ4v) is 3.24. The summed E-state index contributed by atoms with van der Waals surface area (Å²) in [6, 6.07) is 5.45. The molecule has 5 heteroatoms. The summed E-state index contributed by atoms with van der Waals surface area (Å²) in [5, 5.41) is 0.488. The van der Waals surface area contributed by atoms with Gasteiger partial charge < -0.3 is 10.6 Å².